The molecule has 0 radical (unpaired) electrons. The van der Waals surface area contributed by atoms with Gasteiger partial charge >= 0.3 is 0 Å². The molecule has 45 heavy (non-hydrogen) atoms. The van der Waals surface area contributed by atoms with Crippen molar-refractivity contribution in [2.75, 3.05) is 0 Å². The molecule has 1 aliphatic carbocycles. The molecule has 214 valence electrons. The highest BCUT2D eigenvalue weighted by Crippen LogP contribution is 2.51. The molecular weight excluding hydrogens is 546 g/mol. The lowest BCUT2D eigenvalue weighted by molar-refractivity contribution is 0.660. The molecule has 0 amide bonds. The van der Waals surface area contributed by atoms with Crippen molar-refractivity contribution in [2.24, 2.45) is 0 Å². The summed E-state index contributed by atoms with van der Waals surface area (Å²) in [5, 5.41) is 0. The highest BCUT2D eigenvalue weighted by atomic mass is 15.0. The van der Waals surface area contributed by atoms with Gasteiger partial charge in [-0.3, -0.25) is 0 Å². The monoisotopic (exact) mass is 577 g/mol. The van der Waals surface area contributed by atoms with Crippen LogP contribution < -0.4 is 0 Å². The zero-order chi connectivity index (χ0) is 30.4. The highest BCUT2D eigenvalue weighted by Gasteiger charge is 2.37. The third-order valence-corrected chi connectivity index (χ3v) is 8.94. The Morgan fingerprint density at radius 3 is 1.51 bits per heavy atom. The van der Waals surface area contributed by atoms with Gasteiger partial charge in [0.25, 0.3) is 0 Å². The van der Waals surface area contributed by atoms with Crippen molar-refractivity contribution in [3.8, 4) is 67.5 Å². The Bertz CT molecular complexity index is 2180. The summed E-state index contributed by atoms with van der Waals surface area (Å²) in [5.41, 5.74) is 12.6. The van der Waals surface area contributed by atoms with Crippen molar-refractivity contribution in [3.05, 3.63) is 163 Å². The van der Waals surface area contributed by atoms with Crippen molar-refractivity contribution in [1.82, 2.24) is 15.0 Å². The van der Waals surface area contributed by atoms with Gasteiger partial charge in [0.1, 0.15) is 0 Å². The van der Waals surface area contributed by atoms with E-state index in [0.29, 0.717) is 17.5 Å². The molecule has 7 aromatic rings. The van der Waals surface area contributed by atoms with E-state index in [1.807, 2.05) is 24.3 Å². The highest BCUT2D eigenvalue weighted by molar-refractivity contribution is 5.91. The van der Waals surface area contributed by atoms with E-state index in [0.717, 1.165) is 27.8 Å². The third kappa shape index (κ3) is 4.74. The normalized spacial score (nSPS) is 12.8. The summed E-state index contributed by atoms with van der Waals surface area (Å²) in [6.45, 7) is 4.60. The average Bonchev–Trinajstić information content (AvgIpc) is 3.35. The average molecular weight is 578 g/mol. The lowest BCUT2D eigenvalue weighted by Gasteiger charge is -2.21. The first-order valence-corrected chi connectivity index (χ1v) is 15.4. The summed E-state index contributed by atoms with van der Waals surface area (Å²) in [6, 6.07) is 53.1. The van der Waals surface area contributed by atoms with Gasteiger partial charge in [0, 0.05) is 22.1 Å². The number of benzene rings is 6. The number of nitrogens with zero attached hydrogens (tertiary/aromatic N) is 3. The number of hydrogen-bond donors (Lipinski definition) is 0. The van der Waals surface area contributed by atoms with Crippen LogP contribution in [0.5, 0.6) is 0 Å². The second-order valence-corrected chi connectivity index (χ2v) is 12.1. The Morgan fingerprint density at radius 1 is 0.356 bits per heavy atom. The van der Waals surface area contributed by atoms with Crippen LogP contribution in [0.2, 0.25) is 0 Å². The first-order chi connectivity index (χ1) is 22.1. The quantitative estimate of drug-likeness (QED) is 0.204. The Labute approximate surface area is 264 Å². The summed E-state index contributed by atoms with van der Waals surface area (Å²) in [5.74, 6) is 2.00. The number of hydrogen-bond acceptors (Lipinski definition) is 3. The summed E-state index contributed by atoms with van der Waals surface area (Å²) in [7, 11) is 0. The smallest absolute Gasteiger partial charge is 0.164 e. The van der Waals surface area contributed by atoms with Crippen molar-refractivity contribution in [1.29, 1.82) is 0 Å². The van der Waals surface area contributed by atoms with E-state index in [-0.39, 0.29) is 5.41 Å². The maximum Gasteiger partial charge on any atom is 0.164 e. The molecule has 0 bridgehead atoms. The molecule has 0 fully saturated rings. The van der Waals surface area contributed by atoms with Gasteiger partial charge in [-0.15, -0.1) is 0 Å². The van der Waals surface area contributed by atoms with E-state index in [1.165, 1.54) is 33.4 Å². The molecule has 8 rings (SSSR count). The van der Waals surface area contributed by atoms with Crippen LogP contribution in [0.15, 0.2) is 152 Å². The van der Waals surface area contributed by atoms with Crippen LogP contribution in [-0.4, -0.2) is 15.0 Å². The van der Waals surface area contributed by atoms with Crippen molar-refractivity contribution >= 4 is 0 Å². The fourth-order valence-electron chi connectivity index (χ4n) is 6.63. The molecule has 6 aromatic carbocycles. The van der Waals surface area contributed by atoms with Crippen LogP contribution in [0, 0.1) is 0 Å². The van der Waals surface area contributed by atoms with Gasteiger partial charge in [0.15, 0.2) is 17.5 Å². The Balaban J connectivity index is 1.29. The summed E-state index contributed by atoms with van der Waals surface area (Å²) in [4.78, 5) is 15.3. The Hall–Kier alpha value is -5.67. The van der Waals surface area contributed by atoms with Crippen LogP contribution in [0.4, 0.5) is 0 Å². The first kappa shape index (κ1) is 26.9. The molecular formula is C42H31N3. The van der Waals surface area contributed by atoms with Crippen LogP contribution in [0.1, 0.15) is 25.0 Å². The number of aromatic nitrogens is 3. The van der Waals surface area contributed by atoms with Gasteiger partial charge in [-0.05, 0) is 56.6 Å². The van der Waals surface area contributed by atoms with Crippen molar-refractivity contribution in [3.63, 3.8) is 0 Å². The lowest BCUT2D eigenvalue weighted by atomic mass is 9.82. The van der Waals surface area contributed by atoms with E-state index < -0.39 is 0 Å². The minimum atomic E-state index is -0.108. The minimum absolute atomic E-state index is 0.108. The van der Waals surface area contributed by atoms with E-state index in [9.17, 15) is 0 Å². The molecule has 0 aliphatic heterocycles. The topological polar surface area (TPSA) is 38.7 Å². The summed E-state index contributed by atoms with van der Waals surface area (Å²) >= 11 is 0. The fourth-order valence-corrected chi connectivity index (χ4v) is 6.63. The van der Waals surface area contributed by atoms with Crippen LogP contribution in [-0.2, 0) is 5.41 Å². The number of fused-ring (bicyclic) bond motifs is 3. The SMILES string of the molecule is CC1(C)c2ccccc2-c2c(-c3nc(-c4ccccc4)nc(-c4cccc(-c5cccc(-c6ccccc6)c5)c4)n3)cccc21. The molecule has 0 spiro atoms. The largest absolute Gasteiger partial charge is 0.208 e. The molecule has 1 aromatic heterocycles. The van der Waals surface area contributed by atoms with Crippen LogP contribution in [0.3, 0.4) is 0 Å². The van der Waals surface area contributed by atoms with Gasteiger partial charge in [-0.2, -0.15) is 0 Å². The number of rotatable bonds is 5. The molecule has 0 saturated heterocycles. The van der Waals surface area contributed by atoms with Crippen molar-refractivity contribution in [2.45, 2.75) is 19.3 Å². The third-order valence-electron chi connectivity index (χ3n) is 8.94. The van der Waals surface area contributed by atoms with E-state index >= 15 is 0 Å². The zero-order valence-electron chi connectivity index (χ0n) is 25.3. The maximum absolute atomic E-state index is 5.18. The van der Waals surface area contributed by atoms with Crippen molar-refractivity contribution < 1.29 is 0 Å². The van der Waals surface area contributed by atoms with E-state index in [2.05, 4.69) is 141 Å². The minimum Gasteiger partial charge on any atom is -0.208 e. The Morgan fingerprint density at radius 2 is 0.800 bits per heavy atom. The van der Waals surface area contributed by atoms with Gasteiger partial charge < -0.3 is 0 Å². The second-order valence-electron chi connectivity index (χ2n) is 12.1. The van der Waals surface area contributed by atoms with E-state index in [1.54, 1.807) is 0 Å². The van der Waals surface area contributed by atoms with Crippen LogP contribution in [0.25, 0.3) is 67.5 Å². The Kier molecular flexibility index (Phi) is 6.46. The molecule has 0 unspecified atom stereocenters. The maximum atomic E-state index is 5.18. The van der Waals surface area contributed by atoms with Gasteiger partial charge in [-0.25, -0.2) is 15.0 Å². The van der Waals surface area contributed by atoms with Gasteiger partial charge in [0.05, 0.1) is 0 Å². The molecule has 0 N–H and O–H groups in total. The molecule has 0 saturated carbocycles. The lowest BCUT2D eigenvalue weighted by Crippen LogP contribution is -2.14. The summed E-state index contributed by atoms with van der Waals surface area (Å²) in [6.07, 6.45) is 0. The second kappa shape index (κ2) is 10.8. The predicted molar refractivity (Wildman–Crippen MR) is 185 cm³/mol. The standard InChI is InChI=1S/C42H31N3/c1-42(2)36-24-10-9-22-34(36)38-35(23-13-25-37(38)42)41-44-39(29-16-7-4-8-17-29)43-40(45-41)33-21-12-20-32(27-33)31-19-11-18-30(26-31)28-14-5-3-6-15-28/h3-27H,1-2H3. The zero-order valence-corrected chi connectivity index (χ0v) is 25.3. The summed E-state index contributed by atoms with van der Waals surface area (Å²) < 4.78 is 0. The molecule has 0 atom stereocenters. The van der Waals surface area contributed by atoms with Gasteiger partial charge in [0.2, 0.25) is 0 Å². The molecule has 1 heterocycles. The predicted octanol–water partition coefficient (Wildman–Crippen LogP) is 10.5. The molecule has 3 heteroatoms. The van der Waals surface area contributed by atoms with Crippen LogP contribution >= 0.6 is 0 Å². The molecule has 3 nitrogen and oxygen atoms in total. The fraction of sp³-hybridized carbons (Fsp3) is 0.0714. The van der Waals surface area contributed by atoms with E-state index in [4.69, 9.17) is 15.0 Å². The van der Waals surface area contributed by atoms with Gasteiger partial charge in [-0.1, -0.05) is 153 Å². The molecule has 1 aliphatic rings. The first-order valence-electron chi connectivity index (χ1n) is 15.4.